The molecule has 0 N–H and O–H groups in total. The summed E-state index contributed by atoms with van der Waals surface area (Å²) < 4.78 is 5.70. The standard InChI is InChI=1S/C11H16ClN3OS/c1-7-5-15(6-8(2)16-7)10-4-9(12)13-11(14-10)17-3/h4,7-8H,5-6H2,1-3H3. The normalized spacial score (nSPS) is 25.1. The maximum atomic E-state index is 6.00. The van der Waals surface area contributed by atoms with Crippen LogP contribution in [0.1, 0.15) is 13.8 Å². The number of hydrogen-bond acceptors (Lipinski definition) is 5. The van der Waals surface area contributed by atoms with Crippen molar-refractivity contribution in [2.24, 2.45) is 0 Å². The Hall–Kier alpha value is -0.520. The van der Waals surface area contributed by atoms with E-state index in [-0.39, 0.29) is 12.2 Å². The van der Waals surface area contributed by atoms with Gasteiger partial charge in [0.15, 0.2) is 5.16 Å². The second-order valence-corrected chi connectivity index (χ2v) is 5.36. The summed E-state index contributed by atoms with van der Waals surface area (Å²) in [4.78, 5) is 10.8. The van der Waals surface area contributed by atoms with Gasteiger partial charge in [-0.2, -0.15) is 0 Å². The van der Waals surface area contributed by atoms with Crippen LogP contribution in [-0.4, -0.2) is 41.5 Å². The van der Waals surface area contributed by atoms with E-state index in [2.05, 4.69) is 28.7 Å². The SMILES string of the molecule is CSc1nc(Cl)cc(N2CC(C)OC(C)C2)n1. The smallest absolute Gasteiger partial charge is 0.190 e. The molecule has 0 radical (unpaired) electrons. The third-order valence-electron chi connectivity index (χ3n) is 2.59. The van der Waals surface area contributed by atoms with Gasteiger partial charge < -0.3 is 9.64 Å². The first kappa shape index (κ1) is 12.9. The third kappa shape index (κ3) is 3.24. The first-order valence-electron chi connectivity index (χ1n) is 5.57. The lowest BCUT2D eigenvalue weighted by Crippen LogP contribution is -2.45. The number of nitrogens with zero attached hydrogens (tertiary/aromatic N) is 3. The first-order valence-corrected chi connectivity index (χ1v) is 7.17. The molecular formula is C11H16ClN3OS. The zero-order chi connectivity index (χ0) is 12.4. The first-order chi connectivity index (χ1) is 8.08. The molecule has 0 saturated carbocycles. The molecule has 2 heterocycles. The molecule has 0 spiro atoms. The van der Waals surface area contributed by atoms with Gasteiger partial charge in [-0.15, -0.1) is 0 Å². The highest BCUT2D eigenvalue weighted by Crippen LogP contribution is 2.23. The summed E-state index contributed by atoms with van der Waals surface area (Å²) in [5, 5.41) is 1.20. The topological polar surface area (TPSA) is 38.2 Å². The van der Waals surface area contributed by atoms with Gasteiger partial charge in [0, 0.05) is 19.2 Å². The molecule has 0 aromatic carbocycles. The average Bonchev–Trinajstić information content (AvgIpc) is 2.26. The predicted octanol–water partition coefficient (Wildman–Crippen LogP) is 2.47. The third-order valence-corrected chi connectivity index (χ3v) is 3.33. The fourth-order valence-electron chi connectivity index (χ4n) is 2.00. The molecule has 2 atom stereocenters. The molecule has 2 unspecified atom stereocenters. The molecule has 1 aromatic rings. The van der Waals surface area contributed by atoms with E-state index in [9.17, 15) is 0 Å². The summed E-state index contributed by atoms with van der Waals surface area (Å²) in [6, 6.07) is 1.81. The summed E-state index contributed by atoms with van der Waals surface area (Å²) >= 11 is 7.50. The zero-order valence-corrected chi connectivity index (χ0v) is 11.8. The molecule has 0 aliphatic carbocycles. The summed E-state index contributed by atoms with van der Waals surface area (Å²) in [7, 11) is 0. The quantitative estimate of drug-likeness (QED) is 0.470. The van der Waals surface area contributed by atoms with Crippen molar-refractivity contribution in [1.29, 1.82) is 0 Å². The average molecular weight is 274 g/mol. The van der Waals surface area contributed by atoms with Crippen molar-refractivity contribution in [3.63, 3.8) is 0 Å². The Morgan fingerprint density at radius 3 is 2.59 bits per heavy atom. The van der Waals surface area contributed by atoms with Gasteiger partial charge in [-0.1, -0.05) is 23.4 Å². The lowest BCUT2D eigenvalue weighted by atomic mass is 10.2. The van der Waals surface area contributed by atoms with E-state index in [0.29, 0.717) is 10.3 Å². The van der Waals surface area contributed by atoms with Crippen LogP contribution in [-0.2, 0) is 4.74 Å². The fraction of sp³-hybridized carbons (Fsp3) is 0.636. The second kappa shape index (κ2) is 5.42. The summed E-state index contributed by atoms with van der Waals surface area (Å²) in [6.45, 7) is 5.82. The van der Waals surface area contributed by atoms with Crippen LogP contribution >= 0.6 is 23.4 Å². The fourth-order valence-corrected chi connectivity index (χ4v) is 2.61. The molecule has 4 nitrogen and oxygen atoms in total. The minimum Gasteiger partial charge on any atom is -0.372 e. The lowest BCUT2D eigenvalue weighted by molar-refractivity contribution is -0.00549. The highest BCUT2D eigenvalue weighted by atomic mass is 35.5. The van der Waals surface area contributed by atoms with Gasteiger partial charge in [-0.3, -0.25) is 0 Å². The van der Waals surface area contributed by atoms with E-state index in [4.69, 9.17) is 16.3 Å². The molecule has 0 bridgehead atoms. The van der Waals surface area contributed by atoms with Crippen molar-refractivity contribution in [2.45, 2.75) is 31.2 Å². The monoisotopic (exact) mass is 273 g/mol. The van der Waals surface area contributed by atoms with Crippen LogP contribution in [0, 0.1) is 0 Å². The van der Waals surface area contributed by atoms with E-state index >= 15 is 0 Å². The van der Waals surface area contributed by atoms with Crippen LogP contribution < -0.4 is 4.90 Å². The van der Waals surface area contributed by atoms with Crippen LogP contribution in [0.2, 0.25) is 5.15 Å². The Bertz CT molecular complexity index is 394. The van der Waals surface area contributed by atoms with Gasteiger partial charge in [-0.25, -0.2) is 9.97 Å². The molecule has 1 saturated heterocycles. The second-order valence-electron chi connectivity index (χ2n) is 4.20. The van der Waals surface area contributed by atoms with Gasteiger partial charge in [0.05, 0.1) is 12.2 Å². The molecule has 1 fully saturated rings. The van der Waals surface area contributed by atoms with Crippen molar-refractivity contribution in [2.75, 3.05) is 24.2 Å². The Labute approximate surface area is 111 Å². The molecule has 17 heavy (non-hydrogen) atoms. The molecule has 2 rings (SSSR count). The van der Waals surface area contributed by atoms with E-state index in [0.717, 1.165) is 18.9 Å². The number of ether oxygens (including phenoxy) is 1. The van der Waals surface area contributed by atoms with Crippen molar-refractivity contribution in [1.82, 2.24) is 9.97 Å². The number of anilines is 1. The Morgan fingerprint density at radius 1 is 1.35 bits per heavy atom. The van der Waals surface area contributed by atoms with E-state index < -0.39 is 0 Å². The van der Waals surface area contributed by atoms with Crippen molar-refractivity contribution >= 4 is 29.2 Å². The maximum absolute atomic E-state index is 6.00. The summed E-state index contributed by atoms with van der Waals surface area (Å²) in [5.74, 6) is 0.886. The minimum absolute atomic E-state index is 0.213. The van der Waals surface area contributed by atoms with Crippen LogP contribution in [0.15, 0.2) is 11.2 Å². The Morgan fingerprint density at radius 2 is 2.00 bits per heavy atom. The van der Waals surface area contributed by atoms with E-state index in [1.54, 1.807) is 0 Å². The van der Waals surface area contributed by atoms with Gasteiger partial charge >= 0.3 is 0 Å². The lowest BCUT2D eigenvalue weighted by Gasteiger charge is -2.36. The van der Waals surface area contributed by atoms with Gasteiger partial charge in [0.25, 0.3) is 0 Å². The largest absolute Gasteiger partial charge is 0.372 e. The molecule has 1 aromatic heterocycles. The number of morpholine rings is 1. The van der Waals surface area contributed by atoms with E-state index in [1.807, 2.05) is 12.3 Å². The molecule has 94 valence electrons. The summed E-state index contributed by atoms with van der Waals surface area (Å²) in [6.07, 6.45) is 2.37. The van der Waals surface area contributed by atoms with Crippen LogP contribution in [0.3, 0.4) is 0 Å². The molecule has 6 heteroatoms. The zero-order valence-electron chi connectivity index (χ0n) is 10.2. The van der Waals surface area contributed by atoms with Crippen molar-refractivity contribution < 1.29 is 4.74 Å². The van der Waals surface area contributed by atoms with E-state index in [1.165, 1.54) is 11.8 Å². The van der Waals surface area contributed by atoms with Crippen LogP contribution in [0.5, 0.6) is 0 Å². The number of rotatable bonds is 2. The number of hydrogen-bond donors (Lipinski definition) is 0. The van der Waals surface area contributed by atoms with Crippen molar-refractivity contribution in [3.05, 3.63) is 11.2 Å². The maximum Gasteiger partial charge on any atom is 0.190 e. The van der Waals surface area contributed by atoms with Crippen LogP contribution in [0.4, 0.5) is 5.82 Å². The van der Waals surface area contributed by atoms with Crippen molar-refractivity contribution in [3.8, 4) is 0 Å². The molecule has 1 aliphatic heterocycles. The predicted molar refractivity (Wildman–Crippen MR) is 71.0 cm³/mol. The Balaban J connectivity index is 2.23. The molecule has 1 aliphatic rings. The highest BCUT2D eigenvalue weighted by molar-refractivity contribution is 7.98. The molecule has 0 amide bonds. The van der Waals surface area contributed by atoms with Gasteiger partial charge in [-0.05, 0) is 20.1 Å². The minimum atomic E-state index is 0.213. The number of aromatic nitrogens is 2. The van der Waals surface area contributed by atoms with Crippen LogP contribution in [0.25, 0.3) is 0 Å². The van der Waals surface area contributed by atoms with Gasteiger partial charge in [0.2, 0.25) is 0 Å². The number of thioether (sulfide) groups is 1. The number of halogens is 1. The molecular weight excluding hydrogens is 258 g/mol. The highest BCUT2D eigenvalue weighted by Gasteiger charge is 2.23. The van der Waals surface area contributed by atoms with Gasteiger partial charge in [0.1, 0.15) is 11.0 Å². The summed E-state index contributed by atoms with van der Waals surface area (Å²) in [5.41, 5.74) is 0. The Kier molecular flexibility index (Phi) is 4.12.